The summed E-state index contributed by atoms with van der Waals surface area (Å²) >= 11 is 0. The molecule has 0 unspecified atom stereocenters. The highest BCUT2D eigenvalue weighted by molar-refractivity contribution is 4.81. The molecule has 0 spiro atoms. The molecule has 0 aromatic rings. The molecule has 1 rings (SSSR count). The van der Waals surface area contributed by atoms with E-state index in [1.165, 1.54) is 45.2 Å². The van der Waals surface area contributed by atoms with Crippen LogP contribution in [0.25, 0.3) is 0 Å². The van der Waals surface area contributed by atoms with E-state index < -0.39 is 0 Å². The molecule has 17 heavy (non-hydrogen) atoms. The lowest BCUT2D eigenvalue weighted by molar-refractivity contribution is 0.109. The smallest absolute Gasteiger partial charge is 0.00953 e. The van der Waals surface area contributed by atoms with Crippen molar-refractivity contribution in [2.24, 2.45) is 5.41 Å². The number of nitrogens with zero attached hydrogens (tertiary/aromatic N) is 1. The maximum absolute atomic E-state index is 3.49. The number of hydrogen-bond acceptors (Lipinski definition) is 2. The molecule has 2 nitrogen and oxygen atoms in total. The maximum Gasteiger partial charge on any atom is 0.00953 e. The fourth-order valence-corrected chi connectivity index (χ4v) is 3.01. The van der Waals surface area contributed by atoms with Gasteiger partial charge in [0.15, 0.2) is 0 Å². The molecule has 2 heteroatoms. The van der Waals surface area contributed by atoms with Gasteiger partial charge in [0.2, 0.25) is 0 Å². The van der Waals surface area contributed by atoms with Gasteiger partial charge in [-0.25, -0.2) is 0 Å². The van der Waals surface area contributed by atoms with Gasteiger partial charge in [0.05, 0.1) is 0 Å². The third kappa shape index (κ3) is 5.39. The van der Waals surface area contributed by atoms with Gasteiger partial charge in [-0.15, -0.1) is 0 Å². The van der Waals surface area contributed by atoms with E-state index in [2.05, 4.69) is 37.9 Å². The van der Waals surface area contributed by atoms with E-state index in [0.29, 0.717) is 5.41 Å². The van der Waals surface area contributed by atoms with Crippen molar-refractivity contribution in [3.8, 4) is 0 Å². The zero-order chi connectivity index (χ0) is 12.7. The molecule has 0 aliphatic heterocycles. The van der Waals surface area contributed by atoms with Crippen LogP contribution in [-0.4, -0.2) is 37.1 Å². The molecule has 1 aliphatic carbocycles. The first kappa shape index (κ1) is 15.0. The van der Waals surface area contributed by atoms with Crippen LogP contribution in [0.2, 0.25) is 0 Å². The van der Waals surface area contributed by atoms with Gasteiger partial charge >= 0.3 is 0 Å². The van der Waals surface area contributed by atoms with Gasteiger partial charge in [0.25, 0.3) is 0 Å². The summed E-state index contributed by atoms with van der Waals surface area (Å²) in [5.41, 5.74) is 0.392. The Labute approximate surface area is 108 Å². The van der Waals surface area contributed by atoms with Crippen molar-refractivity contribution < 1.29 is 0 Å². The molecule has 1 fully saturated rings. The second-order valence-electron chi connectivity index (χ2n) is 6.30. The van der Waals surface area contributed by atoms with Crippen molar-refractivity contribution in [2.75, 3.05) is 26.2 Å². The lowest BCUT2D eigenvalue weighted by atomic mass is 9.89. The molecule has 0 bridgehead atoms. The van der Waals surface area contributed by atoms with E-state index in [-0.39, 0.29) is 0 Å². The molecule has 1 saturated carbocycles. The van der Waals surface area contributed by atoms with Crippen LogP contribution in [0.3, 0.4) is 0 Å². The van der Waals surface area contributed by atoms with Crippen molar-refractivity contribution in [3.63, 3.8) is 0 Å². The number of hydrogen-bond donors (Lipinski definition) is 1. The molecule has 0 aromatic heterocycles. The predicted molar refractivity (Wildman–Crippen MR) is 76.4 cm³/mol. The Balaban J connectivity index is 2.43. The Morgan fingerprint density at radius 3 is 2.29 bits per heavy atom. The Morgan fingerprint density at radius 1 is 1.12 bits per heavy atom. The third-order valence-electron chi connectivity index (χ3n) is 3.98. The fourth-order valence-electron chi connectivity index (χ4n) is 3.01. The van der Waals surface area contributed by atoms with Crippen LogP contribution < -0.4 is 5.32 Å². The molecule has 0 saturated heterocycles. The normalized spacial score (nSPS) is 18.9. The zero-order valence-corrected chi connectivity index (χ0v) is 12.4. The van der Waals surface area contributed by atoms with Crippen molar-refractivity contribution >= 4 is 0 Å². The molecule has 102 valence electrons. The molecule has 0 heterocycles. The first-order valence-corrected chi connectivity index (χ1v) is 7.54. The van der Waals surface area contributed by atoms with E-state index in [1.807, 2.05) is 0 Å². The van der Waals surface area contributed by atoms with Gasteiger partial charge < -0.3 is 10.2 Å². The van der Waals surface area contributed by atoms with Gasteiger partial charge in [-0.1, -0.05) is 47.0 Å². The molecule has 0 atom stereocenters. The summed E-state index contributed by atoms with van der Waals surface area (Å²) in [6, 6.07) is 0.856. The van der Waals surface area contributed by atoms with Gasteiger partial charge in [0, 0.05) is 19.1 Å². The summed E-state index contributed by atoms with van der Waals surface area (Å²) in [7, 11) is 0. The average Bonchev–Trinajstić information content (AvgIpc) is 2.35. The largest absolute Gasteiger partial charge is 0.316 e. The fraction of sp³-hybridized carbons (Fsp3) is 1.00. The number of rotatable bonds is 7. The highest BCUT2D eigenvalue weighted by Crippen LogP contribution is 2.25. The van der Waals surface area contributed by atoms with Crippen LogP contribution in [-0.2, 0) is 0 Å². The second kappa shape index (κ2) is 7.38. The van der Waals surface area contributed by atoms with Gasteiger partial charge in [-0.2, -0.15) is 0 Å². The SMILES string of the molecule is CCNCC(C)(C)CN(CC)C1CCCCC1. The van der Waals surface area contributed by atoms with E-state index in [9.17, 15) is 0 Å². The summed E-state index contributed by atoms with van der Waals surface area (Å²) in [6.45, 7) is 13.9. The van der Waals surface area contributed by atoms with E-state index in [0.717, 1.165) is 19.1 Å². The van der Waals surface area contributed by atoms with Crippen molar-refractivity contribution in [2.45, 2.75) is 65.8 Å². The van der Waals surface area contributed by atoms with Crippen LogP contribution >= 0.6 is 0 Å². The van der Waals surface area contributed by atoms with Crippen LogP contribution in [0.4, 0.5) is 0 Å². The number of nitrogens with one attached hydrogen (secondary N) is 1. The maximum atomic E-state index is 3.49. The first-order valence-electron chi connectivity index (χ1n) is 7.54. The third-order valence-corrected chi connectivity index (χ3v) is 3.98. The minimum atomic E-state index is 0.392. The topological polar surface area (TPSA) is 15.3 Å². The monoisotopic (exact) mass is 240 g/mol. The zero-order valence-electron chi connectivity index (χ0n) is 12.4. The Morgan fingerprint density at radius 2 is 1.76 bits per heavy atom. The van der Waals surface area contributed by atoms with E-state index in [4.69, 9.17) is 0 Å². The minimum absolute atomic E-state index is 0.392. The van der Waals surface area contributed by atoms with Crippen LogP contribution in [0.1, 0.15) is 59.8 Å². The summed E-state index contributed by atoms with van der Waals surface area (Å²) in [5.74, 6) is 0. The average molecular weight is 240 g/mol. The Kier molecular flexibility index (Phi) is 6.50. The van der Waals surface area contributed by atoms with Gasteiger partial charge in [-0.3, -0.25) is 0 Å². The van der Waals surface area contributed by atoms with E-state index >= 15 is 0 Å². The summed E-state index contributed by atoms with van der Waals surface area (Å²) in [6.07, 6.45) is 7.18. The standard InChI is InChI=1S/C15H32N2/c1-5-16-12-15(3,4)13-17(6-2)14-10-8-7-9-11-14/h14,16H,5-13H2,1-4H3. The van der Waals surface area contributed by atoms with Gasteiger partial charge in [0.1, 0.15) is 0 Å². The molecule has 1 N–H and O–H groups in total. The lowest BCUT2D eigenvalue weighted by Gasteiger charge is -2.39. The predicted octanol–water partition coefficient (Wildman–Crippen LogP) is 3.28. The van der Waals surface area contributed by atoms with Gasteiger partial charge in [-0.05, 0) is 31.3 Å². The summed E-state index contributed by atoms with van der Waals surface area (Å²) in [4.78, 5) is 2.72. The van der Waals surface area contributed by atoms with Crippen molar-refractivity contribution in [1.82, 2.24) is 10.2 Å². The summed E-state index contributed by atoms with van der Waals surface area (Å²) < 4.78 is 0. The first-order chi connectivity index (χ1) is 8.09. The second-order valence-corrected chi connectivity index (χ2v) is 6.30. The minimum Gasteiger partial charge on any atom is -0.316 e. The quantitative estimate of drug-likeness (QED) is 0.735. The highest BCUT2D eigenvalue weighted by atomic mass is 15.2. The van der Waals surface area contributed by atoms with Crippen LogP contribution in [0.5, 0.6) is 0 Å². The summed E-state index contributed by atoms with van der Waals surface area (Å²) in [5, 5.41) is 3.49. The molecule has 0 radical (unpaired) electrons. The van der Waals surface area contributed by atoms with Crippen molar-refractivity contribution in [1.29, 1.82) is 0 Å². The molecule has 0 amide bonds. The molecular formula is C15H32N2. The Hall–Kier alpha value is -0.0800. The van der Waals surface area contributed by atoms with Crippen molar-refractivity contribution in [3.05, 3.63) is 0 Å². The van der Waals surface area contributed by atoms with Crippen LogP contribution in [0.15, 0.2) is 0 Å². The highest BCUT2D eigenvalue weighted by Gasteiger charge is 2.26. The van der Waals surface area contributed by atoms with E-state index in [1.54, 1.807) is 0 Å². The van der Waals surface area contributed by atoms with Crippen LogP contribution in [0, 0.1) is 5.41 Å². The lowest BCUT2D eigenvalue weighted by Crippen LogP contribution is -2.45. The molecule has 1 aliphatic rings. The Bertz CT molecular complexity index is 195. The molecule has 0 aromatic carbocycles. The molecular weight excluding hydrogens is 208 g/mol.